The largest absolute Gasteiger partial charge is 0.490 e. The van der Waals surface area contributed by atoms with Gasteiger partial charge in [-0.15, -0.1) is 6.58 Å². The predicted molar refractivity (Wildman–Crippen MR) is 136 cm³/mol. The van der Waals surface area contributed by atoms with E-state index in [-0.39, 0.29) is 23.6 Å². The molecule has 0 saturated heterocycles. The zero-order valence-corrected chi connectivity index (χ0v) is 19.5. The van der Waals surface area contributed by atoms with E-state index < -0.39 is 9.85 Å². The Morgan fingerprint density at radius 3 is 2.36 bits per heavy atom. The minimum Gasteiger partial charge on any atom is -0.490 e. The molecule has 0 fully saturated rings. The van der Waals surface area contributed by atoms with Crippen molar-refractivity contribution in [1.82, 2.24) is 0 Å². The fraction of sp³-hybridized carbons (Fsp3) is 0.148. The first-order chi connectivity index (χ1) is 17.4. The molecule has 3 aromatic carbocycles. The average molecular weight is 485 g/mol. The molecule has 9 nitrogen and oxygen atoms in total. The van der Waals surface area contributed by atoms with Gasteiger partial charge < -0.3 is 9.47 Å². The molecule has 0 aromatic heterocycles. The summed E-state index contributed by atoms with van der Waals surface area (Å²) in [4.78, 5) is 21.1. The highest BCUT2D eigenvalue weighted by molar-refractivity contribution is 5.90. The van der Waals surface area contributed by atoms with E-state index in [0.717, 1.165) is 11.1 Å². The number of benzene rings is 3. The fourth-order valence-corrected chi connectivity index (χ4v) is 3.50. The van der Waals surface area contributed by atoms with Crippen molar-refractivity contribution >= 4 is 23.0 Å². The van der Waals surface area contributed by atoms with E-state index in [4.69, 9.17) is 9.47 Å². The van der Waals surface area contributed by atoms with Crippen LogP contribution in [0.5, 0.6) is 11.5 Å². The molecule has 9 heteroatoms. The van der Waals surface area contributed by atoms with E-state index in [0.29, 0.717) is 35.7 Å². The van der Waals surface area contributed by atoms with Crippen molar-refractivity contribution in [2.24, 2.45) is 0 Å². The molecule has 0 aliphatic rings. The number of ether oxygens (including phenoxy) is 2. The number of hydrogen-bond donors (Lipinski definition) is 0. The molecule has 0 amide bonds. The van der Waals surface area contributed by atoms with Crippen LogP contribution in [-0.4, -0.2) is 16.5 Å². The lowest BCUT2D eigenvalue weighted by molar-refractivity contribution is -0.385. The molecule has 0 bridgehead atoms. The molecule has 0 spiro atoms. The summed E-state index contributed by atoms with van der Waals surface area (Å²) in [6.07, 6.45) is 3.80. The second-order valence-electron chi connectivity index (χ2n) is 7.62. The van der Waals surface area contributed by atoms with Crippen LogP contribution >= 0.6 is 0 Å². The lowest BCUT2D eigenvalue weighted by atomic mass is 10.0. The third-order valence-electron chi connectivity index (χ3n) is 5.15. The van der Waals surface area contributed by atoms with Crippen molar-refractivity contribution in [3.8, 4) is 17.6 Å². The number of nitro benzene ring substituents is 2. The smallest absolute Gasteiger partial charge is 0.270 e. The van der Waals surface area contributed by atoms with E-state index in [1.807, 2.05) is 13.0 Å². The maximum Gasteiger partial charge on any atom is 0.270 e. The number of nitro groups is 2. The van der Waals surface area contributed by atoms with Gasteiger partial charge in [0.05, 0.1) is 28.1 Å². The van der Waals surface area contributed by atoms with Gasteiger partial charge in [-0.25, -0.2) is 0 Å². The number of rotatable bonds is 11. The molecule has 182 valence electrons. The second kappa shape index (κ2) is 11.9. The third-order valence-corrected chi connectivity index (χ3v) is 5.15. The van der Waals surface area contributed by atoms with Crippen LogP contribution in [0.3, 0.4) is 0 Å². The van der Waals surface area contributed by atoms with Gasteiger partial charge in [-0.3, -0.25) is 20.2 Å². The minimum atomic E-state index is -0.509. The molecule has 0 N–H and O–H groups in total. The Hall–Kier alpha value is -4.97. The summed E-state index contributed by atoms with van der Waals surface area (Å²) < 4.78 is 11.9. The Morgan fingerprint density at radius 2 is 1.75 bits per heavy atom. The number of hydrogen-bond acceptors (Lipinski definition) is 7. The van der Waals surface area contributed by atoms with Crippen molar-refractivity contribution in [3.63, 3.8) is 0 Å². The predicted octanol–water partition coefficient (Wildman–Crippen LogP) is 6.27. The van der Waals surface area contributed by atoms with Crippen LogP contribution in [-0.2, 0) is 13.0 Å². The Kier molecular flexibility index (Phi) is 8.51. The van der Waals surface area contributed by atoms with Crippen LogP contribution in [0, 0.1) is 31.6 Å². The molecule has 0 heterocycles. The second-order valence-corrected chi connectivity index (χ2v) is 7.62. The van der Waals surface area contributed by atoms with Gasteiger partial charge >= 0.3 is 0 Å². The van der Waals surface area contributed by atoms with Crippen LogP contribution < -0.4 is 9.47 Å². The summed E-state index contributed by atoms with van der Waals surface area (Å²) in [7, 11) is 0. The van der Waals surface area contributed by atoms with Gasteiger partial charge in [0.15, 0.2) is 11.5 Å². The average Bonchev–Trinajstić information content (AvgIpc) is 2.87. The van der Waals surface area contributed by atoms with E-state index in [9.17, 15) is 25.5 Å². The molecule has 36 heavy (non-hydrogen) atoms. The van der Waals surface area contributed by atoms with E-state index >= 15 is 0 Å². The van der Waals surface area contributed by atoms with Crippen molar-refractivity contribution < 1.29 is 19.3 Å². The van der Waals surface area contributed by atoms with Crippen molar-refractivity contribution in [1.29, 1.82) is 5.26 Å². The standard InChI is InChI=1S/C27H23N3O6/c1-3-6-22-13-20(14-23(17-28)21-7-5-8-25(16-21)30(33)34)15-26(35-4-2)27(22)36-18-19-9-11-24(12-10-19)29(31)32/h3,5,7-16H,1,4,6,18H2,2H3/b23-14-. The third kappa shape index (κ3) is 6.33. The highest BCUT2D eigenvalue weighted by Gasteiger charge is 2.15. The first-order valence-electron chi connectivity index (χ1n) is 11.0. The topological polar surface area (TPSA) is 129 Å². The Bertz CT molecular complexity index is 1360. The SMILES string of the molecule is C=CCc1cc(/C=C(/C#N)c2cccc([N+](=O)[O-])c2)cc(OCC)c1OCc1ccc([N+](=O)[O-])cc1. The van der Waals surface area contributed by atoms with E-state index in [1.165, 1.54) is 30.3 Å². The molecule has 0 aliphatic heterocycles. The molecule has 3 rings (SSSR count). The number of nitrogens with zero attached hydrogens (tertiary/aromatic N) is 3. The highest BCUT2D eigenvalue weighted by Crippen LogP contribution is 2.36. The monoisotopic (exact) mass is 485 g/mol. The molecular weight excluding hydrogens is 462 g/mol. The molecule has 0 radical (unpaired) electrons. The Balaban J connectivity index is 1.99. The Labute approximate surface area is 207 Å². The maximum atomic E-state index is 11.1. The number of allylic oxidation sites excluding steroid dienone is 2. The highest BCUT2D eigenvalue weighted by atomic mass is 16.6. The zero-order chi connectivity index (χ0) is 26.1. The van der Waals surface area contributed by atoms with Gasteiger partial charge in [-0.05, 0) is 60.4 Å². The lowest BCUT2D eigenvalue weighted by Gasteiger charge is -2.17. The fourth-order valence-electron chi connectivity index (χ4n) is 3.50. The van der Waals surface area contributed by atoms with Gasteiger partial charge in [0.1, 0.15) is 6.61 Å². The molecule has 0 atom stereocenters. The van der Waals surface area contributed by atoms with Gasteiger partial charge in [0.2, 0.25) is 0 Å². The van der Waals surface area contributed by atoms with Gasteiger partial charge in [0.25, 0.3) is 11.4 Å². The van der Waals surface area contributed by atoms with Gasteiger partial charge in [-0.1, -0.05) is 18.2 Å². The molecule has 3 aromatic rings. The van der Waals surface area contributed by atoms with Gasteiger partial charge in [-0.2, -0.15) is 5.26 Å². The van der Waals surface area contributed by atoms with Crippen molar-refractivity contribution in [2.75, 3.05) is 6.61 Å². The first-order valence-corrected chi connectivity index (χ1v) is 11.0. The molecule has 0 unspecified atom stereocenters. The first kappa shape index (κ1) is 25.6. The zero-order valence-electron chi connectivity index (χ0n) is 19.5. The summed E-state index contributed by atoms with van der Waals surface area (Å²) >= 11 is 0. The Morgan fingerprint density at radius 1 is 1.03 bits per heavy atom. The van der Waals surface area contributed by atoms with Crippen LogP contribution in [0.15, 0.2) is 73.3 Å². The summed E-state index contributed by atoms with van der Waals surface area (Å²) in [5, 5.41) is 31.8. The summed E-state index contributed by atoms with van der Waals surface area (Å²) in [5.41, 5.74) is 2.73. The van der Waals surface area contributed by atoms with Crippen molar-refractivity contribution in [3.05, 3.63) is 116 Å². The van der Waals surface area contributed by atoms with Crippen LogP contribution in [0.4, 0.5) is 11.4 Å². The van der Waals surface area contributed by atoms with E-state index in [1.54, 1.807) is 36.4 Å². The van der Waals surface area contributed by atoms with Crippen LogP contribution in [0.25, 0.3) is 11.6 Å². The lowest BCUT2D eigenvalue weighted by Crippen LogP contribution is -2.03. The normalized spacial score (nSPS) is 10.8. The summed E-state index contributed by atoms with van der Waals surface area (Å²) in [5.74, 6) is 0.961. The maximum absolute atomic E-state index is 11.1. The summed E-state index contributed by atoms with van der Waals surface area (Å²) in [6.45, 7) is 6.17. The molecule has 0 aliphatic carbocycles. The number of nitriles is 1. The van der Waals surface area contributed by atoms with Crippen molar-refractivity contribution in [2.45, 2.75) is 20.0 Å². The minimum absolute atomic E-state index is 0.00529. The summed E-state index contributed by atoms with van der Waals surface area (Å²) in [6, 6.07) is 17.6. The van der Waals surface area contributed by atoms with Crippen LogP contribution in [0.1, 0.15) is 29.2 Å². The van der Waals surface area contributed by atoms with Crippen LogP contribution in [0.2, 0.25) is 0 Å². The molecular formula is C27H23N3O6. The number of non-ortho nitro benzene ring substituents is 2. The van der Waals surface area contributed by atoms with Gasteiger partial charge in [0, 0.05) is 29.8 Å². The molecule has 0 saturated carbocycles. The van der Waals surface area contributed by atoms with E-state index in [2.05, 4.69) is 12.6 Å². The quantitative estimate of drug-likeness (QED) is 0.103.